The Morgan fingerprint density at radius 1 is 0.966 bits per heavy atom. The van der Waals surface area contributed by atoms with Gasteiger partial charge in [-0.25, -0.2) is 4.98 Å². The molecule has 4 aromatic rings. The van der Waals surface area contributed by atoms with E-state index >= 15 is 0 Å². The van der Waals surface area contributed by atoms with Gasteiger partial charge in [-0.15, -0.1) is 0 Å². The van der Waals surface area contributed by atoms with Crippen LogP contribution in [-0.4, -0.2) is 30.0 Å². The van der Waals surface area contributed by atoms with E-state index < -0.39 is 0 Å². The Morgan fingerprint density at radius 3 is 2.34 bits per heavy atom. The monoisotopic (exact) mass is 386 g/mol. The Kier molecular flexibility index (Phi) is 5.07. The number of aromatic nitrogens is 2. The molecule has 0 atom stereocenters. The molecule has 0 N–H and O–H groups in total. The average Bonchev–Trinajstić information content (AvgIpc) is 3.21. The normalized spacial score (nSPS) is 11.4. The summed E-state index contributed by atoms with van der Waals surface area (Å²) in [7, 11) is 3.07. The molecule has 4 rings (SSSR count). The number of para-hydroxylation sites is 2. The zero-order chi connectivity index (χ0) is 20.2. The maximum atomic E-state index is 13.5. The lowest BCUT2D eigenvalue weighted by Gasteiger charge is -2.09. The second-order valence-corrected chi connectivity index (χ2v) is 6.23. The molecule has 2 aromatic heterocycles. The molecule has 0 radical (unpaired) electrons. The van der Waals surface area contributed by atoms with Gasteiger partial charge in [0, 0.05) is 17.8 Å². The van der Waals surface area contributed by atoms with Gasteiger partial charge in [-0.1, -0.05) is 18.2 Å². The van der Waals surface area contributed by atoms with Crippen LogP contribution in [-0.2, 0) is 0 Å². The van der Waals surface area contributed by atoms with Crippen LogP contribution in [0.3, 0.4) is 0 Å². The standard InChI is InChI=1S/C23H18N2O4/c1-27-17-11-15(12-18(14-17)28-2)22(26)19(13-16-7-5-6-10-24-16)23-25-20-8-3-4-9-21(20)29-23/h3-14H,1-2H3/b19-13-. The number of pyridine rings is 1. The van der Waals surface area contributed by atoms with E-state index in [-0.39, 0.29) is 17.2 Å². The molecule has 0 saturated heterocycles. The van der Waals surface area contributed by atoms with Gasteiger partial charge in [0.1, 0.15) is 17.0 Å². The number of hydrogen-bond donors (Lipinski definition) is 0. The van der Waals surface area contributed by atoms with Crippen molar-refractivity contribution >= 4 is 28.5 Å². The molecular formula is C23H18N2O4. The van der Waals surface area contributed by atoms with E-state index in [0.717, 1.165) is 0 Å². The summed E-state index contributed by atoms with van der Waals surface area (Å²) in [4.78, 5) is 22.2. The fraction of sp³-hybridized carbons (Fsp3) is 0.0870. The largest absolute Gasteiger partial charge is 0.497 e. The number of allylic oxidation sites excluding steroid dienone is 1. The fourth-order valence-electron chi connectivity index (χ4n) is 2.92. The zero-order valence-corrected chi connectivity index (χ0v) is 16.0. The number of methoxy groups -OCH3 is 2. The molecule has 6 nitrogen and oxygen atoms in total. The van der Waals surface area contributed by atoms with E-state index in [2.05, 4.69) is 9.97 Å². The fourth-order valence-corrected chi connectivity index (χ4v) is 2.92. The van der Waals surface area contributed by atoms with Gasteiger partial charge in [-0.05, 0) is 42.5 Å². The van der Waals surface area contributed by atoms with Crippen molar-refractivity contribution in [3.63, 3.8) is 0 Å². The Balaban J connectivity index is 1.86. The molecule has 0 aliphatic rings. The molecule has 29 heavy (non-hydrogen) atoms. The number of ketones is 1. The minimum absolute atomic E-state index is 0.226. The van der Waals surface area contributed by atoms with Crippen LogP contribution in [0, 0.1) is 0 Å². The molecule has 144 valence electrons. The van der Waals surface area contributed by atoms with Crippen LogP contribution in [0.5, 0.6) is 11.5 Å². The third-order valence-electron chi connectivity index (χ3n) is 4.36. The van der Waals surface area contributed by atoms with E-state index in [1.54, 1.807) is 30.5 Å². The molecule has 2 heterocycles. The molecule has 0 aliphatic carbocycles. The van der Waals surface area contributed by atoms with E-state index in [0.29, 0.717) is 33.9 Å². The molecule has 0 spiro atoms. The minimum Gasteiger partial charge on any atom is -0.497 e. The third kappa shape index (κ3) is 3.87. The Hall–Kier alpha value is -3.93. The number of oxazole rings is 1. The first-order valence-electron chi connectivity index (χ1n) is 8.94. The van der Waals surface area contributed by atoms with Crippen LogP contribution in [0.1, 0.15) is 21.9 Å². The van der Waals surface area contributed by atoms with Gasteiger partial charge >= 0.3 is 0 Å². The van der Waals surface area contributed by atoms with E-state index in [4.69, 9.17) is 13.9 Å². The number of benzene rings is 2. The lowest BCUT2D eigenvalue weighted by molar-refractivity contribution is 0.105. The quantitative estimate of drug-likeness (QED) is 0.354. The summed E-state index contributed by atoms with van der Waals surface area (Å²) in [5.41, 5.74) is 2.57. The summed E-state index contributed by atoms with van der Waals surface area (Å²) in [5, 5.41) is 0. The van der Waals surface area contributed by atoms with E-state index in [1.165, 1.54) is 14.2 Å². The number of Topliss-reactive ketones (excluding diaryl/α,β-unsaturated/α-hetero) is 1. The number of carbonyl (C=O) groups excluding carboxylic acids is 1. The first kappa shape index (κ1) is 18.4. The predicted molar refractivity (Wildman–Crippen MR) is 110 cm³/mol. The average molecular weight is 386 g/mol. The molecule has 2 aromatic carbocycles. The Labute approximate surface area is 167 Å². The van der Waals surface area contributed by atoms with Crippen molar-refractivity contribution in [3.8, 4) is 11.5 Å². The summed E-state index contributed by atoms with van der Waals surface area (Å²) < 4.78 is 16.5. The highest BCUT2D eigenvalue weighted by Gasteiger charge is 2.22. The van der Waals surface area contributed by atoms with E-state index in [9.17, 15) is 4.79 Å². The number of fused-ring (bicyclic) bond motifs is 1. The zero-order valence-electron chi connectivity index (χ0n) is 16.0. The highest BCUT2D eigenvalue weighted by Crippen LogP contribution is 2.29. The van der Waals surface area contributed by atoms with Crippen LogP contribution in [0.25, 0.3) is 22.7 Å². The molecule has 0 amide bonds. The van der Waals surface area contributed by atoms with E-state index in [1.807, 2.05) is 42.5 Å². The molecule has 0 bridgehead atoms. The topological polar surface area (TPSA) is 74.5 Å². The second kappa shape index (κ2) is 7.98. The lowest BCUT2D eigenvalue weighted by Crippen LogP contribution is -2.05. The lowest BCUT2D eigenvalue weighted by atomic mass is 10.0. The molecule has 0 saturated carbocycles. The van der Waals surface area contributed by atoms with Crippen molar-refractivity contribution in [2.75, 3.05) is 14.2 Å². The highest BCUT2D eigenvalue weighted by atomic mass is 16.5. The predicted octanol–water partition coefficient (Wildman–Crippen LogP) is 4.66. The molecule has 0 unspecified atom stereocenters. The minimum atomic E-state index is -0.278. The maximum Gasteiger partial charge on any atom is 0.231 e. The Bertz CT molecular complexity index is 1140. The van der Waals surface area contributed by atoms with Crippen LogP contribution < -0.4 is 9.47 Å². The first-order chi connectivity index (χ1) is 14.2. The van der Waals surface area contributed by atoms with Crippen LogP contribution in [0.2, 0.25) is 0 Å². The number of rotatable bonds is 6. The summed E-state index contributed by atoms with van der Waals surface area (Å²) in [6.07, 6.45) is 3.33. The second-order valence-electron chi connectivity index (χ2n) is 6.23. The van der Waals surface area contributed by atoms with Crippen molar-refractivity contribution in [1.29, 1.82) is 0 Å². The van der Waals surface area contributed by atoms with Gasteiger partial charge in [0.25, 0.3) is 0 Å². The SMILES string of the molecule is COc1cc(OC)cc(C(=O)/C(=C/c2ccccn2)c2nc3ccccc3o2)c1. The van der Waals surface area contributed by atoms with Crippen molar-refractivity contribution in [2.45, 2.75) is 0 Å². The van der Waals surface area contributed by atoms with Gasteiger partial charge in [0.2, 0.25) is 5.89 Å². The maximum absolute atomic E-state index is 13.5. The molecule has 6 heteroatoms. The summed E-state index contributed by atoms with van der Waals surface area (Å²) >= 11 is 0. The van der Waals surface area contributed by atoms with Gasteiger partial charge in [0.05, 0.1) is 25.5 Å². The molecule has 0 aliphatic heterocycles. The number of carbonyl (C=O) groups is 1. The number of nitrogens with zero attached hydrogens (tertiary/aromatic N) is 2. The van der Waals surface area contributed by atoms with Crippen molar-refractivity contribution in [3.05, 3.63) is 84.0 Å². The number of hydrogen-bond acceptors (Lipinski definition) is 6. The molecule has 0 fully saturated rings. The smallest absolute Gasteiger partial charge is 0.231 e. The summed E-state index contributed by atoms with van der Waals surface area (Å²) in [6, 6.07) is 17.8. The van der Waals surface area contributed by atoms with Gasteiger partial charge < -0.3 is 13.9 Å². The van der Waals surface area contributed by atoms with Crippen molar-refractivity contribution in [1.82, 2.24) is 9.97 Å². The third-order valence-corrected chi connectivity index (χ3v) is 4.36. The van der Waals surface area contributed by atoms with Gasteiger partial charge in [-0.2, -0.15) is 0 Å². The number of ether oxygens (including phenoxy) is 2. The van der Waals surface area contributed by atoms with Crippen LogP contribution in [0.4, 0.5) is 0 Å². The molecular weight excluding hydrogens is 368 g/mol. The Morgan fingerprint density at radius 2 is 1.69 bits per heavy atom. The summed E-state index contributed by atoms with van der Waals surface area (Å²) in [6.45, 7) is 0. The van der Waals surface area contributed by atoms with Crippen LogP contribution >= 0.6 is 0 Å². The van der Waals surface area contributed by atoms with Gasteiger partial charge in [-0.3, -0.25) is 9.78 Å². The van der Waals surface area contributed by atoms with Crippen molar-refractivity contribution < 1.29 is 18.7 Å². The van der Waals surface area contributed by atoms with Gasteiger partial charge in [0.15, 0.2) is 11.4 Å². The van der Waals surface area contributed by atoms with Crippen LogP contribution in [0.15, 0.2) is 71.3 Å². The highest BCUT2D eigenvalue weighted by molar-refractivity contribution is 6.31. The van der Waals surface area contributed by atoms with Crippen molar-refractivity contribution in [2.24, 2.45) is 0 Å². The first-order valence-corrected chi connectivity index (χ1v) is 8.94. The summed E-state index contributed by atoms with van der Waals surface area (Å²) in [5.74, 6) is 0.980.